The highest BCUT2D eigenvalue weighted by molar-refractivity contribution is 6.06. The minimum Gasteiger partial charge on any atom is -0.378 e. The Kier molecular flexibility index (Phi) is 6.10. The van der Waals surface area contributed by atoms with Crippen LogP contribution >= 0.6 is 0 Å². The number of aliphatic hydroxyl groups is 1. The molecular formula is C27H31N3O2. The average Bonchev–Trinajstić information content (AvgIpc) is 3.41. The second-order valence-corrected chi connectivity index (χ2v) is 9.21. The predicted molar refractivity (Wildman–Crippen MR) is 130 cm³/mol. The number of nitrogens with zero attached hydrogens (tertiary/aromatic N) is 1. The molecule has 0 aliphatic heterocycles. The fourth-order valence-electron chi connectivity index (χ4n) is 3.83. The Hall–Kier alpha value is -3.07. The Morgan fingerprint density at radius 1 is 1.19 bits per heavy atom. The second-order valence-electron chi connectivity index (χ2n) is 9.21. The smallest absolute Gasteiger partial charge is 0.255 e. The number of aromatic nitrogens is 1. The maximum atomic E-state index is 12.8. The van der Waals surface area contributed by atoms with Gasteiger partial charge < -0.3 is 20.3 Å². The first kappa shape index (κ1) is 22.1. The Bertz CT molecular complexity index is 1210. The van der Waals surface area contributed by atoms with Gasteiger partial charge in [0.05, 0.1) is 5.52 Å². The number of aryl methyl sites for hydroxylation is 2. The zero-order valence-electron chi connectivity index (χ0n) is 19.2. The summed E-state index contributed by atoms with van der Waals surface area (Å²) in [7, 11) is 2.07. The van der Waals surface area contributed by atoms with E-state index in [4.69, 9.17) is 0 Å². The van der Waals surface area contributed by atoms with Gasteiger partial charge in [-0.2, -0.15) is 0 Å². The van der Waals surface area contributed by atoms with Crippen LogP contribution in [0.15, 0.2) is 42.5 Å². The molecule has 0 bridgehead atoms. The quantitative estimate of drug-likeness (QED) is 0.510. The minimum absolute atomic E-state index is 0.152. The highest BCUT2D eigenvalue weighted by atomic mass is 16.3. The summed E-state index contributed by atoms with van der Waals surface area (Å²) in [6, 6.07) is 13.4. The van der Waals surface area contributed by atoms with Crippen molar-refractivity contribution in [2.45, 2.75) is 45.8 Å². The largest absolute Gasteiger partial charge is 0.378 e. The van der Waals surface area contributed by atoms with E-state index in [1.165, 1.54) is 11.1 Å². The zero-order valence-corrected chi connectivity index (χ0v) is 19.2. The summed E-state index contributed by atoms with van der Waals surface area (Å²) in [4.78, 5) is 12.8. The number of carbonyl (C=O) groups excluding carboxylic acids is 1. The third-order valence-corrected chi connectivity index (χ3v) is 5.97. The molecule has 1 aliphatic rings. The zero-order chi connectivity index (χ0) is 22.9. The molecule has 1 amide bonds. The lowest BCUT2D eigenvalue weighted by molar-refractivity contribution is 0.102. The molecule has 1 saturated carbocycles. The molecule has 3 aromatic rings. The fourth-order valence-corrected chi connectivity index (χ4v) is 3.83. The maximum Gasteiger partial charge on any atom is 0.255 e. The number of carbonyl (C=O) groups is 1. The fraction of sp³-hybridized carbons (Fsp3) is 0.370. The standard InChI is InChI=1S/C27H31N3O2/c1-18(2)16-28-17-23-15-22-9-10-24(19(3)25(22)30(23)4)29-26(31)21-7-5-20(6-8-21)11-12-27(32)13-14-27/h5-10,15,18,28,32H,13-14,16-17H2,1-4H3,(H,29,31). The Labute approximate surface area is 189 Å². The minimum atomic E-state index is -0.798. The molecule has 1 fully saturated rings. The Morgan fingerprint density at radius 2 is 1.91 bits per heavy atom. The summed E-state index contributed by atoms with van der Waals surface area (Å²) in [6.07, 6.45) is 1.47. The van der Waals surface area contributed by atoms with E-state index >= 15 is 0 Å². The van der Waals surface area contributed by atoms with E-state index in [0.717, 1.165) is 48.3 Å². The van der Waals surface area contributed by atoms with Crippen LogP contribution in [0, 0.1) is 24.7 Å². The molecule has 0 radical (unpaired) electrons. The van der Waals surface area contributed by atoms with Crippen molar-refractivity contribution in [2.24, 2.45) is 13.0 Å². The molecule has 0 saturated heterocycles. The lowest BCUT2D eigenvalue weighted by Gasteiger charge is -2.12. The molecule has 3 N–H and O–H groups in total. The van der Waals surface area contributed by atoms with Crippen molar-refractivity contribution in [1.29, 1.82) is 0 Å². The van der Waals surface area contributed by atoms with Crippen LogP contribution in [0.3, 0.4) is 0 Å². The van der Waals surface area contributed by atoms with E-state index in [9.17, 15) is 9.90 Å². The number of nitrogens with one attached hydrogen (secondary N) is 2. The van der Waals surface area contributed by atoms with Crippen molar-refractivity contribution in [1.82, 2.24) is 9.88 Å². The molecule has 166 valence electrons. The van der Waals surface area contributed by atoms with E-state index in [1.54, 1.807) is 12.1 Å². The summed E-state index contributed by atoms with van der Waals surface area (Å²) in [5.74, 6) is 6.33. The lowest BCUT2D eigenvalue weighted by atomic mass is 10.1. The van der Waals surface area contributed by atoms with E-state index in [2.05, 4.69) is 60.1 Å². The Balaban J connectivity index is 1.49. The third kappa shape index (κ3) is 4.88. The molecule has 5 heteroatoms. The summed E-state index contributed by atoms with van der Waals surface area (Å²) < 4.78 is 2.20. The van der Waals surface area contributed by atoms with Gasteiger partial charge in [-0.05, 0) is 74.2 Å². The number of amides is 1. The van der Waals surface area contributed by atoms with E-state index in [-0.39, 0.29) is 5.91 Å². The molecule has 32 heavy (non-hydrogen) atoms. The topological polar surface area (TPSA) is 66.3 Å². The van der Waals surface area contributed by atoms with E-state index < -0.39 is 5.60 Å². The van der Waals surface area contributed by atoms with Crippen LogP contribution in [0.1, 0.15) is 53.9 Å². The first-order valence-corrected chi connectivity index (χ1v) is 11.2. The van der Waals surface area contributed by atoms with Gasteiger partial charge in [0.2, 0.25) is 0 Å². The van der Waals surface area contributed by atoms with Gasteiger partial charge in [0.15, 0.2) is 0 Å². The highest BCUT2D eigenvalue weighted by Crippen LogP contribution is 2.34. The number of hydrogen-bond donors (Lipinski definition) is 3. The molecule has 0 unspecified atom stereocenters. The van der Waals surface area contributed by atoms with Gasteiger partial charge >= 0.3 is 0 Å². The van der Waals surface area contributed by atoms with Crippen LogP contribution in [-0.2, 0) is 13.6 Å². The van der Waals surface area contributed by atoms with Crippen LogP contribution in [0.25, 0.3) is 10.9 Å². The van der Waals surface area contributed by atoms with Gasteiger partial charge in [0.25, 0.3) is 5.91 Å². The summed E-state index contributed by atoms with van der Waals surface area (Å²) >= 11 is 0. The van der Waals surface area contributed by atoms with Gasteiger partial charge in [-0.1, -0.05) is 31.8 Å². The number of anilines is 1. The number of hydrogen-bond acceptors (Lipinski definition) is 3. The average molecular weight is 430 g/mol. The van der Waals surface area contributed by atoms with Gasteiger partial charge in [-0.25, -0.2) is 0 Å². The molecule has 2 aromatic carbocycles. The third-order valence-electron chi connectivity index (χ3n) is 5.97. The van der Waals surface area contributed by atoms with Crippen LogP contribution < -0.4 is 10.6 Å². The molecular weight excluding hydrogens is 398 g/mol. The summed E-state index contributed by atoms with van der Waals surface area (Å²) in [6.45, 7) is 8.24. The molecule has 1 aromatic heterocycles. The summed E-state index contributed by atoms with van der Waals surface area (Å²) in [5.41, 5.74) is 4.78. The van der Waals surface area contributed by atoms with Gasteiger partial charge in [0, 0.05) is 41.5 Å². The molecule has 0 spiro atoms. The SMILES string of the molecule is Cc1c(NC(=O)c2ccc(C#CC3(O)CC3)cc2)ccc2cc(CNCC(C)C)n(C)c12. The molecule has 1 aliphatic carbocycles. The van der Waals surface area contributed by atoms with Crippen molar-refractivity contribution in [3.8, 4) is 11.8 Å². The number of benzene rings is 2. The van der Waals surface area contributed by atoms with Gasteiger partial charge in [-0.15, -0.1) is 0 Å². The van der Waals surface area contributed by atoms with Crippen molar-refractivity contribution < 1.29 is 9.90 Å². The maximum absolute atomic E-state index is 12.8. The number of rotatable bonds is 6. The first-order chi connectivity index (χ1) is 15.3. The summed E-state index contributed by atoms with van der Waals surface area (Å²) in [5, 5.41) is 17.6. The van der Waals surface area contributed by atoms with Crippen molar-refractivity contribution in [3.05, 3.63) is 64.8 Å². The predicted octanol–water partition coefficient (Wildman–Crippen LogP) is 4.36. The van der Waals surface area contributed by atoms with Crippen molar-refractivity contribution in [2.75, 3.05) is 11.9 Å². The lowest BCUT2D eigenvalue weighted by Crippen LogP contribution is -2.20. The first-order valence-electron chi connectivity index (χ1n) is 11.2. The molecule has 0 atom stereocenters. The van der Waals surface area contributed by atoms with Crippen molar-refractivity contribution in [3.63, 3.8) is 0 Å². The monoisotopic (exact) mass is 429 g/mol. The molecule has 4 rings (SSSR count). The number of fused-ring (bicyclic) bond motifs is 1. The highest BCUT2D eigenvalue weighted by Gasteiger charge is 2.38. The second kappa shape index (κ2) is 8.82. The van der Waals surface area contributed by atoms with Gasteiger partial charge in [-0.3, -0.25) is 4.79 Å². The van der Waals surface area contributed by atoms with Crippen LogP contribution in [0.2, 0.25) is 0 Å². The van der Waals surface area contributed by atoms with Crippen molar-refractivity contribution >= 4 is 22.5 Å². The molecule has 1 heterocycles. The Morgan fingerprint density at radius 3 is 2.56 bits per heavy atom. The van der Waals surface area contributed by atoms with E-state index in [1.807, 2.05) is 25.1 Å². The van der Waals surface area contributed by atoms with Gasteiger partial charge in [0.1, 0.15) is 5.60 Å². The van der Waals surface area contributed by atoms with E-state index in [0.29, 0.717) is 11.5 Å². The van der Waals surface area contributed by atoms with Crippen LogP contribution in [0.5, 0.6) is 0 Å². The molecule has 5 nitrogen and oxygen atoms in total. The van der Waals surface area contributed by atoms with Crippen LogP contribution in [-0.4, -0.2) is 27.7 Å². The van der Waals surface area contributed by atoms with Crippen LogP contribution in [0.4, 0.5) is 5.69 Å². The normalized spacial score (nSPS) is 14.3.